The summed E-state index contributed by atoms with van der Waals surface area (Å²) >= 11 is 0. The van der Waals surface area contributed by atoms with Crippen molar-refractivity contribution in [1.29, 1.82) is 5.26 Å². The number of rotatable bonds is 8. The van der Waals surface area contributed by atoms with Gasteiger partial charge in [0.05, 0.1) is 11.6 Å². The number of carboxylic acid groups (broad SMARTS) is 1. The Bertz CT molecular complexity index is 1790. The lowest BCUT2D eigenvalue weighted by atomic mass is 9.86. The highest BCUT2D eigenvalue weighted by Crippen LogP contribution is 2.27. The van der Waals surface area contributed by atoms with Gasteiger partial charge < -0.3 is 14.9 Å². The molecule has 5 rings (SSSR count). The molecule has 0 unspecified atom stereocenters. The van der Waals surface area contributed by atoms with E-state index in [2.05, 4.69) is 42.3 Å². The molecule has 0 saturated heterocycles. The van der Waals surface area contributed by atoms with Gasteiger partial charge >= 0.3 is 5.97 Å². The Balaban J connectivity index is 1.24. The maximum absolute atomic E-state index is 12.8. The molecule has 8 nitrogen and oxygen atoms in total. The van der Waals surface area contributed by atoms with Crippen LogP contribution in [0.5, 0.6) is 0 Å². The summed E-state index contributed by atoms with van der Waals surface area (Å²) < 4.78 is 5.50. The monoisotopic (exact) mass is 570 g/mol. The number of hydrogen-bond donors (Lipinski definition) is 2. The first kappa shape index (κ1) is 29.0. The second-order valence-electron chi connectivity index (χ2n) is 11.3. The van der Waals surface area contributed by atoms with Crippen molar-refractivity contribution in [2.24, 2.45) is 0 Å². The zero-order valence-electron chi connectivity index (χ0n) is 24.0. The molecule has 0 aliphatic rings. The molecule has 0 bridgehead atoms. The Morgan fingerprint density at radius 3 is 2.16 bits per heavy atom. The molecule has 8 heteroatoms. The van der Waals surface area contributed by atoms with Gasteiger partial charge in [-0.15, -0.1) is 0 Å². The third-order valence-corrected chi connectivity index (χ3v) is 7.15. The highest BCUT2D eigenvalue weighted by Gasteiger charge is 2.22. The maximum Gasteiger partial charge on any atom is 0.326 e. The lowest BCUT2D eigenvalue weighted by molar-refractivity contribution is -0.139. The van der Waals surface area contributed by atoms with E-state index in [0.29, 0.717) is 28.4 Å². The summed E-state index contributed by atoms with van der Waals surface area (Å²) in [6.07, 6.45) is 0.114. The van der Waals surface area contributed by atoms with Crippen molar-refractivity contribution in [1.82, 2.24) is 15.5 Å². The number of carbonyl (C=O) groups excluding carboxylic acids is 1. The van der Waals surface area contributed by atoms with Crippen LogP contribution in [-0.2, 0) is 16.6 Å². The summed E-state index contributed by atoms with van der Waals surface area (Å²) in [5.74, 6) is -0.794. The SMILES string of the molecule is CC(C)(C)c1ccc(C(=O)N[C@@H](Cc2ccc(-c3noc(-c4ccc(-c5cccc(C#N)c5)cc4)n3)cc2)C(=O)O)cc1. The quantitative estimate of drug-likeness (QED) is 0.213. The average molecular weight is 571 g/mol. The van der Waals surface area contributed by atoms with Crippen LogP contribution in [0.2, 0.25) is 0 Å². The predicted molar refractivity (Wildman–Crippen MR) is 163 cm³/mol. The Morgan fingerprint density at radius 1 is 0.884 bits per heavy atom. The van der Waals surface area contributed by atoms with Crippen molar-refractivity contribution in [3.05, 3.63) is 119 Å². The second kappa shape index (κ2) is 12.1. The van der Waals surface area contributed by atoms with Gasteiger partial charge in [-0.25, -0.2) is 4.79 Å². The number of aliphatic carboxylic acids is 1. The van der Waals surface area contributed by atoms with E-state index in [-0.39, 0.29) is 11.8 Å². The number of carbonyl (C=O) groups is 2. The first-order valence-corrected chi connectivity index (χ1v) is 13.8. The van der Waals surface area contributed by atoms with Crippen molar-refractivity contribution >= 4 is 11.9 Å². The summed E-state index contributed by atoms with van der Waals surface area (Å²) in [5.41, 5.74) is 6.14. The molecule has 1 atom stereocenters. The summed E-state index contributed by atoms with van der Waals surface area (Å²) in [6, 6.07) is 30.5. The normalized spacial score (nSPS) is 11.9. The van der Waals surface area contributed by atoms with Crippen LogP contribution in [0, 0.1) is 11.3 Å². The third-order valence-electron chi connectivity index (χ3n) is 7.15. The molecule has 0 fully saturated rings. The number of nitrogens with zero attached hydrogens (tertiary/aromatic N) is 3. The van der Waals surface area contributed by atoms with E-state index in [1.54, 1.807) is 42.5 Å². The zero-order chi connectivity index (χ0) is 30.6. The van der Waals surface area contributed by atoms with Gasteiger partial charge in [-0.05, 0) is 64.1 Å². The molecule has 5 aromatic rings. The molecule has 0 saturated carbocycles. The lowest BCUT2D eigenvalue weighted by Crippen LogP contribution is -2.42. The highest BCUT2D eigenvalue weighted by molar-refractivity contribution is 5.96. The smallest absolute Gasteiger partial charge is 0.326 e. The number of hydrogen-bond acceptors (Lipinski definition) is 6. The second-order valence-corrected chi connectivity index (χ2v) is 11.3. The maximum atomic E-state index is 12.8. The summed E-state index contributed by atoms with van der Waals surface area (Å²) in [6.45, 7) is 6.26. The molecule has 1 amide bonds. The van der Waals surface area contributed by atoms with Gasteiger partial charge in [0.1, 0.15) is 6.04 Å². The van der Waals surface area contributed by atoms with Crippen LogP contribution in [0.1, 0.15) is 47.8 Å². The van der Waals surface area contributed by atoms with Crippen molar-refractivity contribution in [2.45, 2.75) is 38.6 Å². The zero-order valence-corrected chi connectivity index (χ0v) is 24.0. The van der Waals surface area contributed by atoms with E-state index in [1.807, 2.05) is 54.6 Å². The van der Waals surface area contributed by atoms with Gasteiger partial charge in [0.2, 0.25) is 5.82 Å². The van der Waals surface area contributed by atoms with E-state index < -0.39 is 17.9 Å². The molecule has 214 valence electrons. The molecular formula is C35H30N4O4. The summed E-state index contributed by atoms with van der Waals surface area (Å²) in [5, 5.41) is 25.7. The molecule has 0 spiro atoms. The fourth-order valence-electron chi connectivity index (χ4n) is 4.62. The van der Waals surface area contributed by atoms with E-state index in [9.17, 15) is 14.7 Å². The molecule has 2 N–H and O–H groups in total. The fraction of sp³-hybridized carbons (Fsp3) is 0.171. The van der Waals surface area contributed by atoms with Gasteiger partial charge in [0, 0.05) is 23.1 Å². The van der Waals surface area contributed by atoms with E-state index >= 15 is 0 Å². The van der Waals surface area contributed by atoms with Crippen LogP contribution in [0.25, 0.3) is 34.0 Å². The minimum atomic E-state index is -1.12. The standard InChI is InChI=1S/C35H30N4O4/c1-35(2,3)29-17-15-26(16-18-29)32(40)37-30(34(41)42)20-22-7-9-25(10-8-22)31-38-33(43-39-31)27-13-11-24(12-14-27)28-6-4-5-23(19-28)21-36/h4-19,30H,20H2,1-3H3,(H,37,40)(H,41,42)/t30-/m0/s1. The van der Waals surface area contributed by atoms with Crippen LogP contribution < -0.4 is 5.32 Å². The first-order chi connectivity index (χ1) is 20.6. The molecule has 0 aliphatic carbocycles. The Morgan fingerprint density at radius 2 is 1.53 bits per heavy atom. The van der Waals surface area contributed by atoms with Gasteiger partial charge in [0.25, 0.3) is 11.8 Å². The van der Waals surface area contributed by atoms with Crippen molar-refractivity contribution in [3.8, 4) is 40.0 Å². The van der Waals surface area contributed by atoms with Crippen LogP contribution in [0.3, 0.4) is 0 Å². The van der Waals surface area contributed by atoms with E-state index in [4.69, 9.17) is 9.78 Å². The van der Waals surface area contributed by atoms with Gasteiger partial charge in [-0.1, -0.05) is 86.6 Å². The molecule has 1 aromatic heterocycles. The molecule has 43 heavy (non-hydrogen) atoms. The number of aromatic nitrogens is 2. The number of nitrogens with one attached hydrogen (secondary N) is 1. The predicted octanol–water partition coefficient (Wildman–Crippen LogP) is 6.67. The van der Waals surface area contributed by atoms with Crippen molar-refractivity contribution in [2.75, 3.05) is 0 Å². The molecule has 0 radical (unpaired) electrons. The minimum Gasteiger partial charge on any atom is -0.480 e. The highest BCUT2D eigenvalue weighted by atomic mass is 16.5. The number of benzene rings is 4. The lowest BCUT2D eigenvalue weighted by Gasteiger charge is -2.19. The van der Waals surface area contributed by atoms with Crippen LogP contribution in [0.4, 0.5) is 0 Å². The first-order valence-electron chi connectivity index (χ1n) is 13.8. The van der Waals surface area contributed by atoms with E-state index in [1.165, 1.54) is 0 Å². The third kappa shape index (κ3) is 6.85. The van der Waals surface area contributed by atoms with Crippen molar-refractivity contribution < 1.29 is 19.2 Å². The largest absolute Gasteiger partial charge is 0.480 e. The van der Waals surface area contributed by atoms with Crippen LogP contribution in [-0.4, -0.2) is 33.2 Å². The number of carboxylic acids is 1. The van der Waals surface area contributed by atoms with Gasteiger partial charge in [-0.3, -0.25) is 4.79 Å². The molecule has 4 aromatic carbocycles. The Labute approximate surface area is 249 Å². The van der Waals surface area contributed by atoms with Crippen LogP contribution >= 0.6 is 0 Å². The summed E-state index contributed by atoms with van der Waals surface area (Å²) in [7, 11) is 0. The number of amides is 1. The minimum absolute atomic E-state index is 0.0488. The average Bonchev–Trinajstić information content (AvgIpc) is 3.51. The number of nitriles is 1. The molecule has 1 heterocycles. The Hall–Kier alpha value is -5.55. The van der Waals surface area contributed by atoms with E-state index in [0.717, 1.165) is 27.8 Å². The van der Waals surface area contributed by atoms with Crippen molar-refractivity contribution in [3.63, 3.8) is 0 Å². The summed E-state index contributed by atoms with van der Waals surface area (Å²) in [4.78, 5) is 29.2. The van der Waals surface area contributed by atoms with Gasteiger partial charge in [-0.2, -0.15) is 10.2 Å². The Kier molecular flexibility index (Phi) is 8.17. The molecular weight excluding hydrogens is 540 g/mol. The van der Waals surface area contributed by atoms with Gasteiger partial charge in [0.15, 0.2) is 0 Å². The topological polar surface area (TPSA) is 129 Å². The van der Waals surface area contributed by atoms with Crippen LogP contribution in [0.15, 0.2) is 102 Å². The fourth-order valence-corrected chi connectivity index (χ4v) is 4.62. The molecule has 0 aliphatic heterocycles.